The molecule has 0 radical (unpaired) electrons. The smallest absolute Gasteiger partial charge is 0.329 e. The quantitative estimate of drug-likeness (QED) is 0.635. The van der Waals surface area contributed by atoms with Crippen LogP contribution in [0.15, 0.2) is 24.4 Å². The number of nitro groups is 1. The van der Waals surface area contributed by atoms with Crippen LogP contribution in [0, 0.1) is 21.7 Å². The second-order valence-corrected chi connectivity index (χ2v) is 6.03. The summed E-state index contributed by atoms with van der Waals surface area (Å²) in [5, 5.41) is 14.1. The largest absolute Gasteiger partial charge is 0.361 e. The fourth-order valence-corrected chi connectivity index (χ4v) is 2.41. The SMILES string of the molecule is C[C@H](c1cc(F)ccc1F)N(C)c1ncc([N+](=O)[O-])c(NC2CC2)n1. The fourth-order valence-electron chi connectivity index (χ4n) is 2.41. The second kappa shape index (κ2) is 6.58. The Labute approximate surface area is 142 Å². The maximum absolute atomic E-state index is 14.0. The normalized spacial score (nSPS) is 14.9. The number of halogens is 2. The molecule has 25 heavy (non-hydrogen) atoms. The van der Waals surface area contributed by atoms with Gasteiger partial charge in [0.25, 0.3) is 0 Å². The molecule has 1 aromatic heterocycles. The summed E-state index contributed by atoms with van der Waals surface area (Å²) in [6.07, 6.45) is 2.98. The second-order valence-electron chi connectivity index (χ2n) is 6.03. The molecular formula is C16H17F2N5O2. The van der Waals surface area contributed by atoms with E-state index < -0.39 is 22.6 Å². The minimum Gasteiger partial charge on any atom is -0.361 e. The topological polar surface area (TPSA) is 84.2 Å². The first kappa shape index (κ1) is 17.0. The summed E-state index contributed by atoms with van der Waals surface area (Å²) >= 11 is 0. The number of benzene rings is 1. The van der Waals surface area contributed by atoms with E-state index in [-0.39, 0.29) is 29.1 Å². The van der Waals surface area contributed by atoms with E-state index in [1.165, 1.54) is 0 Å². The maximum Gasteiger partial charge on any atom is 0.329 e. The number of nitrogens with zero attached hydrogens (tertiary/aromatic N) is 4. The third kappa shape index (κ3) is 3.65. The van der Waals surface area contributed by atoms with Gasteiger partial charge in [0.15, 0.2) is 0 Å². The van der Waals surface area contributed by atoms with Crippen molar-refractivity contribution >= 4 is 17.5 Å². The molecule has 132 valence electrons. The molecule has 1 heterocycles. The highest BCUT2D eigenvalue weighted by molar-refractivity contribution is 5.58. The summed E-state index contributed by atoms with van der Waals surface area (Å²) < 4.78 is 27.4. The van der Waals surface area contributed by atoms with Crippen molar-refractivity contribution in [1.82, 2.24) is 9.97 Å². The fraction of sp³-hybridized carbons (Fsp3) is 0.375. The first-order chi connectivity index (χ1) is 11.9. The van der Waals surface area contributed by atoms with Crippen molar-refractivity contribution < 1.29 is 13.7 Å². The molecule has 0 aliphatic heterocycles. The first-order valence-electron chi connectivity index (χ1n) is 7.82. The lowest BCUT2D eigenvalue weighted by Crippen LogP contribution is -2.25. The number of hydrogen-bond acceptors (Lipinski definition) is 6. The van der Waals surface area contributed by atoms with E-state index in [9.17, 15) is 18.9 Å². The van der Waals surface area contributed by atoms with Gasteiger partial charge in [-0.1, -0.05) is 0 Å². The Kier molecular flexibility index (Phi) is 4.47. The van der Waals surface area contributed by atoms with Crippen LogP contribution in [0.3, 0.4) is 0 Å². The zero-order valence-corrected chi connectivity index (χ0v) is 13.7. The molecule has 0 saturated heterocycles. The summed E-state index contributed by atoms with van der Waals surface area (Å²) in [6.45, 7) is 1.68. The number of hydrogen-bond donors (Lipinski definition) is 1. The third-order valence-corrected chi connectivity index (χ3v) is 4.18. The Morgan fingerprint density at radius 2 is 2.12 bits per heavy atom. The standard InChI is InChI=1S/C16H17F2N5O2/c1-9(12-7-10(17)3-6-13(12)18)22(2)16-19-8-14(23(24)25)15(21-16)20-11-4-5-11/h3,6-9,11H,4-5H2,1-2H3,(H,19,20,21)/t9-/m1/s1. The van der Waals surface area contributed by atoms with Crippen LogP contribution in [0.5, 0.6) is 0 Å². The van der Waals surface area contributed by atoms with Crippen LogP contribution < -0.4 is 10.2 Å². The molecule has 1 atom stereocenters. The predicted octanol–water partition coefficient (Wildman–Crippen LogP) is 3.43. The lowest BCUT2D eigenvalue weighted by Gasteiger charge is -2.25. The molecule has 2 aromatic rings. The van der Waals surface area contributed by atoms with Crippen molar-refractivity contribution in [2.24, 2.45) is 0 Å². The molecule has 1 aromatic carbocycles. The molecule has 0 spiro atoms. The molecule has 0 unspecified atom stereocenters. The summed E-state index contributed by atoms with van der Waals surface area (Å²) in [5.74, 6) is -0.766. The third-order valence-electron chi connectivity index (χ3n) is 4.18. The van der Waals surface area contributed by atoms with E-state index in [2.05, 4.69) is 15.3 Å². The van der Waals surface area contributed by atoms with Crippen molar-refractivity contribution in [2.75, 3.05) is 17.3 Å². The number of rotatable bonds is 6. The molecule has 7 nitrogen and oxygen atoms in total. The molecule has 0 amide bonds. The predicted molar refractivity (Wildman–Crippen MR) is 88.5 cm³/mol. The highest BCUT2D eigenvalue weighted by Crippen LogP contribution is 2.32. The lowest BCUT2D eigenvalue weighted by atomic mass is 10.1. The molecule has 3 rings (SSSR count). The van der Waals surface area contributed by atoms with E-state index in [0.29, 0.717) is 0 Å². The van der Waals surface area contributed by atoms with E-state index >= 15 is 0 Å². The lowest BCUT2D eigenvalue weighted by molar-refractivity contribution is -0.384. The van der Waals surface area contributed by atoms with Gasteiger partial charge >= 0.3 is 5.69 Å². The maximum atomic E-state index is 14.0. The summed E-state index contributed by atoms with van der Waals surface area (Å²) in [4.78, 5) is 20.3. The zero-order chi connectivity index (χ0) is 18.1. The van der Waals surface area contributed by atoms with Crippen LogP contribution in [0.1, 0.15) is 31.4 Å². The van der Waals surface area contributed by atoms with Crippen LogP contribution >= 0.6 is 0 Å². The molecule has 1 aliphatic rings. The van der Waals surface area contributed by atoms with Crippen molar-refractivity contribution in [3.63, 3.8) is 0 Å². The molecular weight excluding hydrogens is 332 g/mol. The van der Waals surface area contributed by atoms with E-state index in [4.69, 9.17) is 0 Å². The molecule has 1 N–H and O–H groups in total. The van der Waals surface area contributed by atoms with E-state index in [1.807, 2.05) is 0 Å². The van der Waals surface area contributed by atoms with Crippen molar-refractivity contribution in [1.29, 1.82) is 0 Å². The van der Waals surface area contributed by atoms with Gasteiger partial charge in [0.2, 0.25) is 11.8 Å². The van der Waals surface area contributed by atoms with Gasteiger partial charge in [-0.3, -0.25) is 10.1 Å². The Balaban J connectivity index is 1.91. The summed E-state index contributed by atoms with van der Waals surface area (Å²) in [5.41, 5.74) is -0.0604. The van der Waals surface area contributed by atoms with E-state index in [0.717, 1.165) is 37.2 Å². The first-order valence-corrected chi connectivity index (χ1v) is 7.82. The molecule has 1 fully saturated rings. The monoisotopic (exact) mass is 349 g/mol. The van der Waals surface area contributed by atoms with Gasteiger partial charge < -0.3 is 10.2 Å². The van der Waals surface area contributed by atoms with Crippen LogP contribution in [0.25, 0.3) is 0 Å². The number of aromatic nitrogens is 2. The van der Waals surface area contributed by atoms with E-state index in [1.54, 1.807) is 18.9 Å². The Morgan fingerprint density at radius 1 is 1.40 bits per heavy atom. The van der Waals surface area contributed by atoms with Crippen LogP contribution in [0.2, 0.25) is 0 Å². The molecule has 0 bridgehead atoms. The highest BCUT2D eigenvalue weighted by Gasteiger charge is 2.28. The number of anilines is 2. The van der Waals surface area contributed by atoms with Gasteiger partial charge in [-0.05, 0) is 38.0 Å². The van der Waals surface area contributed by atoms with Gasteiger partial charge in [0, 0.05) is 18.7 Å². The minimum atomic E-state index is -0.564. The minimum absolute atomic E-state index is 0.135. The van der Waals surface area contributed by atoms with Gasteiger partial charge in [-0.2, -0.15) is 4.98 Å². The summed E-state index contributed by atoms with van der Waals surface area (Å²) in [6, 6.07) is 2.83. The Hall–Kier alpha value is -2.84. The zero-order valence-electron chi connectivity index (χ0n) is 13.7. The Bertz CT molecular complexity index is 813. The van der Waals surface area contributed by atoms with Gasteiger partial charge in [0.05, 0.1) is 11.0 Å². The van der Waals surface area contributed by atoms with Crippen LogP contribution in [-0.2, 0) is 0 Å². The number of nitrogens with one attached hydrogen (secondary N) is 1. The van der Waals surface area contributed by atoms with Gasteiger partial charge in [-0.15, -0.1) is 0 Å². The van der Waals surface area contributed by atoms with Gasteiger partial charge in [0.1, 0.15) is 17.8 Å². The van der Waals surface area contributed by atoms with Crippen molar-refractivity contribution in [3.05, 3.63) is 51.7 Å². The van der Waals surface area contributed by atoms with Crippen LogP contribution in [-0.4, -0.2) is 28.0 Å². The van der Waals surface area contributed by atoms with Gasteiger partial charge in [-0.25, -0.2) is 13.8 Å². The highest BCUT2D eigenvalue weighted by atomic mass is 19.1. The molecule has 1 aliphatic carbocycles. The molecule has 9 heteroatoms. The summed E-state index contributed by atoms with van der Waals surface area (Å²) in [7, 11) is 1.62. The Morgan fingerprint density at radius 3 is 2.76 bits per heavy atom. The van der Waals surface area contributed by atoms with Crippen molar-refractivity contribution in [3.8, 4) is 0 Å². The molecule has 1 saturated carbocycles. The van der Waals surface area contributed by atoms with Crippen molar-refractivity contribution in [2.45, 2.75) is 31.8 Å². The van der Waals surface area contributed by atoms with Crippen LogP contribution in [0.4, 0.5) is 26.2 Å². The average Bonchev–Trinajstić information content (AvgIpc) is 3.39. The average molecular weight is 349 g/mol.